The number of quaternary nitrogens is 1. The molecule has 1 atom stereocenters. The van der Waals surface area contributed by atoms with Crippen LogP contribution in [0.4, 0.5) is 0 Å². The van der Waals surface area contributed by atoms with Gasteiger partial charge >= 0.3 is 0 Å². The van der Waals surface area contributed by atoms with E-state index in [2.05, 4.69) is 22.1 Å². The fourth-order valence-electron chi connectivity index (χ4n) is 2.30. The second-order valence-electron chi connectivity index (χ2n) is 5.55. The highest BCUT2D eigenvalue weighted by molar-refractivity contribution is 7.07. The molecule has 2 rings (SSSR count). The van der Waals surface area contributed by atoms with Gasteiger partial charge in [-0.05, 0) is 48.0 Å². The number of amides is 1. The van der Waals surface area contributed by atoms with Crippen LogP contribution in [0.5, 0.6) is 11.5 Å². The zero-order valence-electron chi connectivity index (χ0n) is 14.2. The molecule has 1 amide bonds. The number of thiophene rings is 1. The van der Waals surface area contributed by atoms with E-state index in [1.54, 1.807) is 11.3 Å². The first kappa shape index (κ1) is 18.3. The van der Waals surface area contributed by atoms with Crippen molar-refractivity contribution in [2.24, 2.45) is 0 Å². The highest BCUT2D eigenvalue weighted by Gasteiger charge is 2.10. The summed E-state index contributed by atoms with van der Waals surface area (Å²) in [4.78, 5) is 13.1. The Balaban J connectivity index is 1.60. The zero-order chi connectivity index (χ0) is 17.2. The quantitative estimate of drug-likeness (QED) is 0.637. The molecule has 2 aromatic rings. The standard InChI is InChI=1S/C18H24N2O3S/c1-3-22-16-4-6-17(7-5-16)23-10-9-19-18(21)13-20(2)12-15-8-11-24-14-15/h4-8,11,14H,3,9-10,12-13H2,1-2H3,(H,19,21)/p+1. The van der Waals surface area contributed by atoms with E-state index >= 15 is 0 Å². The third-order valence-electron chi connectivity index (χ3n) is 3.38. The van der Waals surface area contributed by atoms with Crippen molar-refractivity contribution in [3.63, 3.8) is 0 Å². The van der Waals surface area contributed by atoms with Gasteiger partial charge in [0.1, 0.15) is 24.7 Å². The minimum Gasteiger partial charge on any atom is -0.494 e. The predicted molar refractivity (Wildman–Crippen MR) is 95.9 cm³/mol. The smallest absolute Gasteiger partial charge is 0.275 e. The van der Waals surface area contributed by atoms with E-state index in [0.29, 0.717) is 26.3 Å². The van der Waals surface area contributed by atoms with Gasteiger partial charge in [0.2, 0.25) is 0 Å². The van der Waals surface area contributed by atoms with Crippen LogP contribution in [-0.4, -0.2) is 39.3 Å². The van der Waals surface area contributed by atoms with Crippen molar-refractivity contribution in [1.29, 1.82) is 0 Å². The minimum absolute atomic E-state index is 0.0398. The molecule has 24 heavy (non-hydrogen) atoms. The molecule has 5 nitrogen and oxygen atoms in total. The lowest BCUT2D eigenvalue weighted by Crippen LogP contribution is -3.08. The van der Waals surface area contributed by atoms with Crippen LogP contribution in [0.2, 0.25) is 0 Å². The van der Waals surface area contributed by atoms with Gasteiger partial charge < -0.3 is 19.7 Å². The molecule has 0 radical (unpaired) electrons. The third kappa shape index (κ3) is 6.60. The molecule has 1 heterocycles. The van der Waals surface area contributed by atoms with Crippen LogP contribution in [-0.2, 0) is 11.3 Å². The van der Waals surface area contributed by atoms with Crippen molar-refractivity contribution in [2.45, 2.75) is 13.5 Å². The Hall–Kier alpha value is -2.05. The van der Waals surface area contributed by atoms with Gasteiger partial charge in [-0.2, -0.15) is 11.3 Å². The Kier molecular flexibility index (Phi) is 7.58. The fraction of sp³-hybridized carbons (Fsp3) is 0.389. The number of benzene rings is 1. The number of carbonyl (C=O) groups excluding carboxylic acids is 1. The second kappa shape index (κ2) is 9.95. The molecule has 1 unspecified atom stereocenters. The highest BCUT2D eigenvalue weighted by atomic mass is 32.1. The molecule has 0 aliphatic heterocycles. The molecule has 1 aromatic carbocycles. The Morgan fingerprint density at radius 3 is 2.50 bits per heavy atom. The Bertz CT molecular complexity index is 599. The van der Waals surface area contributed by atoms with E-state index in [4.69, 9.17) is 9.47 Å². The zero-order valence-corrected chi connectivity index (χ0v) is 15.0. The van der Waals surface area contributed by atoms with Crippen LogP contribution in [0.15, 0.2) is 41.1 Å². The van der Waals surface area contributed by atoms with Crippen LogP contribution >= 0.6 is 11.3 Å². The molecule has 0 aliphatic carbocycles. The number of rotatable bonds is 10. The lowest BCUT2D eigenvalue weighted by molar-refractivity contribution is -0.885. The Morgan fingerprint density at radius 1 is 1.17 bits per heavy atom. The van der Waals surface area contributed by atoms with E-state index in [0.717, 1.165) is 18.0 Å². The molecular formula is C18H25N2O3S+. The molecule has 2 N–H and O–H groups in total. The first-order valence-corrected chi connectivity index (χ1v) is 9.06. The fourth-order valence-corrected chi connectivity index (χ4v) is 2.97. The van der Waals surface area contributed by atoms with E-state index in [1.807, 2.05) is 38.2 Å². The summed E-state index contributed by atoms with van der Waals surface area (Å²) in [5, 5.41) is 7.06. The third-order valence-corrected chi connectivity index (χ3v) is 4.11. The summed E-state index contributed by atoms with van der Waals surface area (Å²) in [6.07, 6.45) is 0. The van der Waals surface area contributed by atoms with Crippen molar-refractivity contribution in [3.05, 3.63) is 46.7 Å². The van der Waals surface area contributed by atoms with Gasteiger partial charge in [0, 0.05) is 5.56 Å². The first-order chi connectivity index (χ1) is 11.7. The van der Waals surface area contributed by atoms with Crippen molar-refractivity contribution in [2.75, 3.05) is 33.4 Å². The largest absolute Gasteiger partial charge is 0.494 e. The Morgan fingerprint density at radius 2 is 1.88 bits per heavy atom. The van der Waals surface area contributed by atoms with Crippen molar-refractivity contribution < 1.29 is 19.2 Å². The highest BCUT2D eigenvalue weighted by Crippen LogP contribution is 2.17. The van der Waals surface area contributed by atoms with Gasteiger partial charge in [0.15, 0.2) is 6.54 Å². The van der Waals surface area contributed by atoms with Crippen molar-refractivity contribution >= 4 is 17.2 Å². The van der Waals surface area contributed by atoms with Crippen molar-refractivity contribution in [3.8, 4) is 11.5 Å². The normalized spacial score (nSPS) is 11.8. The van der Waals surface area contributed by atoms with Crippen LogP contribution in [0.3, 0.4) is 0 Å². The molecule has 130 valence electrons. The van der Waals surface area contributed by atoms with Gasteiger partial charge in [0.05, 0.1) is 20.2 Å². The maximum atomic E-state index is 11.9. The van der Waals surface area contributed by atoms with Crippen LogP contribution in [0.1, 0.15) is 12.5 Å². The van der Waals surface area contributed by atoms with Crippen LogP contribution in [0.25, 0.3) is 0 Å². The number of hydrogen-bond acceptors (Lipinski definition) is 4. The molecule has 0 saturated heterocycles. The molecular weight excluding hydrogens is 324 g/mol. The molecule has 1 aromatic heterocycles. The van der Waals surface area contributed by atoms with Gasteiger partial charge in [-0.3, -0.25) is 4.79 Å². The number of ether oxygens (including phenoxy) is 2. The predicted octanol–water partition coefficient (Wildman–Crippen LogP) is 1.36. The summed E-state index contributed by atoms with van der Waals surface area (Å²) in [7, 11) is 2.02. The molecule has 6 heteroatoms. The Labute approximate surface area is 147 Å². The van der Waals surface area contributed by atoms with Gasteiger partial charge in [-0.25, -0.2) is 0 Å². The summed E-state index contributed by atoms with van der Waals surface area (Å²) in [5.41, 5.74) is 1.27. The molecule has 0 aliphatic rings. The topological polar surface area (TPSA) is 52.0 Å². The van der Waals surface area contributed by atoms with Gasteiger partial charge in [-0.15, -0.1) is 0 Å². The van der Waals surface area contributed by atoms with Gasteiger partial charge in [-0.1, -0.05) is 0 Å². The summed E-state index contributed by atoms with van der Waals surface area (Å²) in [6.45, 7) is 4.86. The number of nitrogens with one attached hydrogen (secondary N) is 2. The average molecular weight is 349 g/mol. The maximum absolute atomic E-state index is 11.9. The number of carbonyl (C=O) groups is 1. The number of likely N-dealkylation sites (N-methyl/N-ethyl adjacent to an activating group) is 1. The van der Waals surface area contributed by atoms with E-state index in [-0.39, 0.29) is 5.91 Å². The SMILES string of the molecule is CCOc1ccc(OCCNC(=O)C[NH+](C)Cc2ccsc2)cc1. The molecule has 0 saturated carbocycles. The lowest BCUT2D eigenvalue weighted by Gasteiger charge is -2.13. The minimum atomic E-state index is 0.0398. The molecule has 0 bridgehead atoms. The number of hydrogen-bond donors (Lipinski definition) is 2. The van der Waals surface area contributed by atoms with Gasteiger partial charge in [0.25, 0.3) is 5.91 Å². The summed E-state index contributed by atoms with van der Waals surface area (Å²) < 4.78 is 11.0. The summed E-state index contributed by atoms with van der Waals surface area (Å²) in [6, 6.07) is 9.58. The first-order valence-electron chi connectivity index (χ1n) is 8.12. The average Bonchev–Trinajstić information content (AvgIpc) is 3.06. The summed E-state index contributed by atoms with van der Waals surface area (Å²) in [5.74, 6) is 1.64. The van der Waals surface area contributed by atoms with Crippen LogP contribution in [0, 0.1) is 0 Å². The lowest BCUT2D eigenvalue weighted by atomic mass is 10.3. The van der Waals surface area contributed by atoms with E-state index in [1.165, 1.54) is 10.5 Å². The summed E-state index contributed by atoms with van der Waals surface area (Å²) >= 11 is 1.68. The molecule has 0 spiro atoms. The monoisotopic (exact) mass is 349 g/mol. The van der Waals surface area contributed by atoms with Crippen LogP contribution < -0.4 is 19.7 Å². The maximum Gasteiger partial charge on any atom is 0.275 e. The second-order valence-corrected chi connectivity index (χ2v) is 6.33. The van der Waals surface area contributed by atoms with E-state index in [9.17, 15) is 4.79 Å². The van der Waals surface area contributed by atoms with Crippen molar-refractivity contribution in [1.82, 2.24) is 5.32 Å². The molecule has 0 fully saturated rings. The van der Waals surface area contributed by atoms with E-state index < -0.39 is 0 Å².